The summed E-state index contributed by atoms with van der Waals surface area (Å²) in [6.45, 7) is -0.684. The highest BCUT2D eigenvalue weighted by molar-refractivity contribution is 6.22. The molecule has 0 fully saturated rings. The molecular formula is C28H24N2O8. The Morgan fingerprint density at radius 2 is 0.816 bits per heavy atom. The molecule has 10 nitrogen and oxygen atoms in total. The standard InChI is InChI=1S/C28H24N2O8/c31-17(13-29-25(33)21-5-1-2-6-22(21)26(29)34)15-37-19-9-11-20(12-10-19)38-16-18(32)14-30-27(35)23-7-3-4-8-24(23)28(30)36/h1-12,17-18,31-32H,13-16H2/t17-,18-/m1/s1. The first-order valence-electron chi connectivity index (χ1n) is 12.0. The van der Waals surface area contributed by atoms with Gasteiger partial charge in [-0.3, -0.25) is 29.0 Å². The molecule has 2 aliphatic rings. The van der Waals surface area contributed by atoms with E-state index in [0.29, 0.717) is 33.8 Å². The maximum Gasteiger partial charge on any atom is 0.261 e. The smallest absolute Gasteiger partial charge is 0.261 e. The van der Waals surface area contributed by atoms with E-state index >= 15 is 0 Å². The largest absolute Gasteiger partial charge is 0.491 e. The number of benzene rings is 3. The molecule has 0 bridgehead atoms. The molecule has 194 valence electrons. The van der Waals surface area contributed by atoms with Gasteiger partial charge in [0.15, 0.2) is 0 Å². The summed E-state index contributed by atoms with van der Waals surface area (Å²) in [5, 5.41) is 20.6. The van der Waals surface area contributed by atoms with Crippen LogP contribution in [0.5, 0.6) is 11.5 Å². The predicted octanol–water partition coefficient (Wildman–Crippen LogP) is 1.76. The molecule has 3 aromatic rings. The first-order valence-corrected chi connectivity index (χ1v) is 12.0. The zero-order chi connectivity index (χ0) is 26.8. The molecule has 0 spiro atoms. The lowest BCUT2D eigenvalue weighted by Crippen LogP contribution is -2.39. The monoisotopic (exact) mass is 516 g/mol. The van der Waals surface area contributed by atoms with Crippen LogP contribution < -0.4 is 9.47 Å². The van der Waals surface area contributed by atoms with Crippen molar-refractivity contribution in [3.8, 4) is 11.5 Å². The third kappa shape index (κ3) is 4.86. The Bertz CT molecular complexity index is 1230. The van der Waals surface area contributed by atoms with Gasteiger partial charge in [0.1, 0.15) is 36.9 Å². The number of hydrogen-bond acceptors (Lipinski definition) is 8. The van der Waals surface area contributed by atoms with Gasteiger partial charge in [0.05, 0.1) is 35.3 Å². The molecule has 0 saturated heterocycles. The number of β-amino-alcohol motifs (C(OH)–C–C–N with tert-alkyl or cyclic N) is 2. The van der Waals surface area contributed by atoms with Crippen molar-refractivity contribution in [1.82, 2.24) is 9.80 Å². The molecule has 0 saturated carbocycles. The lowest BCUT2D eigenvalue weighted by molar-refractivity contribution is 0.0445. The number of aliphatic hydroxyl groups excluding tert-OH is 2. The van der Waals surface area contributed by atoms with Gasteiger partial charge in [0, 0.05) is 0 Å². The molecule has 4 amide bonds. The summed E-state index contributed by atoms with van der Waals surface area (Å²) in [7, 11) is 0. The van der Waals surface area contributed by atoms with Crippen LogP contribution in [-0.2, 0) is 0 Å². The van der Waals surface area contributed by atoms with Crippen molar-refractivity contribution in [2.45, 2.75) is 12.2 Å². The first kappa shape index (κ1) is 25.1. The van der Waals surface area contributed by atoms with E-state index in [2.05, 4.69) is 0 Å². The number of rotatable bonds is 10. The fourth-order valence-corrected chi connectivity index (χ4v) is 4.35. The first-order chi connectivity index (χ1) is 18.3. The molecule has 2 atom stereocenters. The van der Waals surface area contributed by atoms with Crippen molar-refractivity contribution in [2.75, 3.05) is 26.3 Å². The van der Waals surface area contributed by atoms with Crippen LogP contribution in [0.3, 0.4) is 0 Å². The number of carbonyl (C=O) groups excluding carboxylic acids is 4. The van der Waals surface area contributed by atoms with Gasteiger partial charge in [-0.1, -0.05) is 24.3 Å². The van der Waals surface area contributed by atoms with E-state index in [-0.39, 0.29) is 26.3 Å². The van der Waals surface area contributed by atoms with Crippen molar-refractivity contribution in [3.63, 3.8) is 0 Å². The summed E-state index contributed by atoms with van der Waals surface area (Å²) in [5.41, 5.74) is 1.26. The Balaban J connectivity index is 1.07. The zero-order valence-corrected chi connectivity index (χ0v) is 20.1. The molecule has 0 radical (unpaired) electrons. The second-order valence-electron chi connectivity index (χ2n) is 8.93. The SMILES string of the molecule is O=C1c2ccccc2C(=O)N1C[C@@H](O)COc1ccc(OC[C@H](O)CN2C(=O)c3ccccc3C2=O)cc1. The molecule has 0 aromatic heterocycles. The maximum atomic E-state index is 12.4. The number of imide groups is 2. The molecule has 0 aliphatic carbocycles. The minimum Gasteiger partial charge on any atom is -0.491 e. The van der Waals surface area contributed by atoms with Gasteiger partial charge >= 0.3 is 0 Å². The van der Waals surface area contributed by atoms with E-state index < -0.39 is 35.8 Å². The van der Waals surface area contributed by atoms with Crippen molar-refractivity contribution in [1.29, 1.82) is 0 Å². The van der Waals surface area contributed by atoms with Gasteiger partial charge in [-0.25, -0.2) is 0 Å². The topological polar surface area (TPSA) is 134 Å². The van der Waals surface area contributed by atoms with Crippen LogP contribution in [0.25, 0.3) is 0 Å². The highest BCUT2D eigenvalue weighted by atomic mass is 16.5. The van der Waals surface area contributed by atoms with Crippen LogP contribution in [0.1, 0.15) is 41.4 Å². The van der Waals surface area contributed by atoms with Crippen LogP contribution in [0.2, 0.25) is 0 Å². The quantitative estimate of drug-likeness (QED) is 0.390. The maximum absolute atomic E-state index is 12.4. The van der Waals surface area contributed by atoms with Crippen molar-refractivity contribution < 1.29 is 38.9 Å². The Kier molecular flexibility index (Phi) is 6.91. The van der Waals surface area contributed by atoms with Crippen molar-refractivity contribution >= 4 is 23.6 Å². The van der Waals surface area contributed by atoms with E-state index in [9.17, 15) is 29.4 Å². The van der Waals surface area contributed by atoms with Crippen LogP contribution in [0.15, 0.2) is 72.8 Å². The molecule has 2 heterocycles. The van der Waals surface area contributed by atoms with Crippen molar-refractivity contribution in [2.24, 2.45) is 0 Å². The van der Waals surface area contributed by atoms with E-state index in [1.165, 1.54) is 0 Å². The summed E-state index contributed by atoms with van der Waals surface area (Å²) in [6, 6.07) is 19.4. The van der Waals surface area contributed by atoms with E-state index in [1.54, 1.807) is 72.8 Å². The molecule has 5 rings (SSSR count). The minimum absolute atomic E-state index is 0.146. The third-order valence-electron chi connectivity index (χ3n) is 6.25. The Morgan fingerprint density at radius 3 is 1.11 bits per heavy atom. The van der Waals surface area contributed by atoms with Gasteiger partial charge in [0.2, 0.25) is 0 Å². The Morgan fingerprint density at radius 1 is 0.526 bits per heavy atom. The molecule has 2 aliphatic heterocycles. The zero-order valence-electron chi connectivity index (χ0n) is 20.1. The normalized spacial score (nSPS) is 15.9. The van der Waals surface area contributed by atoms with Crippen LogP contribution in [-0.4, -0.2) is 82.2 Å². The van der Waals surface area contributed by atoms with E-state index in [0.717, 1.165) is 9.80 Å². The van der Waals surface area contributed by atoms with Gasteiger partial charge in [-0.05, 0) is 48.5 Å². The summed E-state index contributed by atoms with van der Waals surface area (Å²) in [5.74, 6) is -0.948. The average Bonchev–Trinajstić information content (AvgIpc) is 3.32. The molecule has 0 unspecified atom stereocenters. The number of fused-ring (bicyclic) bond motifs is 2. The number of ether oxygens (including phenoxy) is 2. The number of hydrogen-bond donors (Lipinski definition) is 2. The Labute approximate surface area is 217 Å². The van der Waals surface area contributed by atoms with Crippen molar-refractivity contribution in [3.05, 3.63) is 95.1 Å². The summed E-state index contributed by atoms with van der Waals surface area (Å²) >= 11 is 0. The molecule has 10 heteroatoms. The lowest BCUT2D eigenvalue weighted by Gasteiger charge is -2.19. The van der Waals surface area contributed by atoms with E-state index in [4.69, 9.17) is 9.47 Å². The summed E-state index contributed by atoms with van der Waals surface area (Å²) < 4.78 is 11.1. The second-order valence-corrected chi connectivity index (χ2v) is 8.93. The van der Waals surface area contributed by atoms with Crippen LogP contribution in [0, 0.1) is 0 Å². The average molecular weight is 517 g/mol. The second kappa shape index (κ2) is 10.4. The molecular weight excluding hydrogens is 492 g/mol. The van der Waals surface area contributed by atoms with Crippen LogP contribution >= 0.6 is 0 Å². The van der Waals surface area contributed by atoms with Gasteiger partial charge in [-0.15, -0.1) is 0 Å². The highest BCUT2D eigenvalue weighted by Crippen LogP contribution is 2.24. The number of amides is 4. The van der Waals surface area contributed by atoms with Gasteiger partial charge in [-0.2, -0.15) is 0 Å². The fraction of sp³-hybridized carbons (Fsp3) is 0.214. The number of carbonyl (C=O) groups is 4. The summed E-state index contributed by atoms with van der Waals surface area (Å²) in [4.78, 5) is 51.7. The number of nitrogens with zero attached hydrogens (tertiary/aromatic N) is 2. The predicted molar refractivity (Wildman–Crippen MR) is 133 cm³/mol. The molecule has 2 N–H and O–H groups in total. The van der Waals surface area contributed by atoms with E-state index in [1.807, 2.05) is 0 Å². The Hall–Kier alpha value is -4.54. The number of aliphatic hydroxyl groups is 2. The third-order valence-corrected chi connectivity index (χ3v) is 6.25. The molecule has 38 heavy (non-hydrogen) atoms. The molecule has 3 aromatic carbocycles. The van der Waals surface area contributed by atoms with Crippen LogP contribution in [0.4, 0.5) is 0 Å². The summed E-state index contributed by atoms with van der Waals surface area (Å²) in [6.07, 6.45) is -2.18. The lowest BCUT2D eigenvalue weighted by atomic mass is 10.1. The van der Waals surface area contributed by atoms with Gasteiger partial charge < -0.3 is 19.7 Å². The highest BCUT2D eigenvalue weighted by Gasteiger charge is 2.37. The minimum atomic E-state index is -1.09. The fourth-order valence-electron chi connectivity index (χ4n) is 4.35. The van der Waals surface area contributed by atoms with Gasteiger partial charge in [0.25, 0.3) is 23.6 Å².